The van der Waals surface area contributed by atoms with E-state index in [1.54, 1.807) is 0 Å². The van der Waals surface area contributed by atoms with Gasteiger partial charge in [-0.05, 0) is 56.7 Å². The van der Waals surface area contributed by atoms with Crippen LogP contribution >= 0.6 is 0 Å². The maximum atomic E-state index is 13.5. The van der Waals surface area contributed by atoms with Gasteiger partial charge < -0.3 is 15.0 Å². The summed E-state index contributed by atoms with van der Waals surface area (Å²) in [6.07, 6.45) is 0. The van der Waals surface area contributed by atoms with Crippen molar-refractivity contribution in [2.24, 2.45) is 0 Å². The van der Waals surface area contributed by atoms with Crippen LogP contribution < -0.4 is 10.2 Å². The maximum Gasteiger partial charge on any atom is 0.246 e. The number of rotatable bonds is 5. The van der Waals surface area contributed by atoms with Crippen molar-refractivity contribution in [3.8, 4) is 11.4 Å². The molecule has 2 aliphatic rings. The lowest BCUT2D eigenvalue weighted by Gasteiger charge is -2.50. The van der Waals surface area contributed by atoms with Crippen LogP contribution in [0.15, 0.2) is 36.4 Å². The SMILES string of the molecule is Cc1cc(Nc2n[nH]c(-c3cc(F)cc(F)c3)n2)cc(N2CC(N3CCOC(C)(C)C3)C2)c1. The molecule has 9 heteroatoms. The molecule has 0 bridgehead atoms. The number of aromatic nitrogens is 3. The van der Waals surface area contributed by atoms with E-state index in [0.717, 1.165) is 55.8 Å². The highest BCUT2D eigenvalue weighted by Gasteiger charge is 2.37. The van der Waals surface area contributed by atoms with Crippen LogP contribution in [0.3, 0.4) is 0 Å². The highest BCUT2D eigenvalue weighted by Crippen LogP contribution is 2.30. The first-order chi connectivity index (χ1) is 15.7. The van der Waals surface area contributed by atoms with Crippen LogP contribution in [0.2, 0.25) is 0 Å². The monoisotopic (exact) mass is 454 g/mol. The van der Waals surface area contributed by atoms with Crippen LogP contribution in [0.5, 0.6) is 0 Å². The summed E-state index contributed by atoms with van der Waals surface area (Å²) in [6.45, 7) is 11.0. The smallest absolute Gasteiger partial charge is 0.246 e. The molecule has 0 aliphatic carbocycles. The first kappa shape index (κ1) is 21.8. The predicted molar refractivity (Wildman–Crippen MR) is 124 cm³/mol. The van der Waals surface area contributed by atoms with Crippen molar-refractivity contribution in [2.45, 2.75) is 32.4 Å². The van der Waals surface area contributed by atoms with E-state index in [2.05, 4.69) is 63.2 Å². The molecule has 2 N–H and O–H groups in total. The van der Waals surface area contributed by atoms with Crippen molar-refractivity contribution in [2.75, 3.05) is 43.0 Å². The Labute approximate surface area is 191 Å². The van der Waals surface area contributed by atoms with E-state index in [1.807, 2.05) is 6.07 Å². The summed E-state index contributed by atoms with van der Waals surface area (Å²) in [4.78, 5) is 9.23. The van der Waals surface area contributed by atoms with Gasteiger partial charge in [-0.15, -0.1) is 5.10 Å². The second kappa shape index (κ2) is 8.39. The average Bonchev–Trinajstić information content (AvgIpc) is 3.13. The molecular weight excluding hydrogens is 426 g/mol. The van der Waals surface area contributed by atoms with Gasteiger partial charge in [0.15, 0.2) is 5.82 Å². The quantitative estimate of drug-likeness (QED) is 0.605. The number of H-pyrrole nitrogens is 1. The number of halogens is 2. The molecule has 1 aromatic heterocycles. The fourth-order valence-electron chi connectivity index (χ4n) is 4.55. The normalized spacial score (nSPS) is 18.9. The Bertz CT molecular complexity index is 1140. The minimum absolute atomic E-state index is 0.0915. The van der Waals surface area contributed by atoms with Gasteiger partial charge >= 0.3 is 0 Å². The van der Waals surface area contributed by atoms with Gasteiger partial charge in [0.25, 0.3) is 0 Å². The second-order valence-corrected chi connectivity index (χ2v) is 9.49. The molecule has 174 valence electrons. The van der Waals surface area contributed by atoms with Crippen LogP contribution in [0.4, 0.5) is 26.1 Å². The Hall–Kier alpha value is -3.04. The topological polar surface area (TPSA) is 69.3 Å². The maximum absolute atomic E-state index is 13.5. The van der Waals surface area contributed by atoms with Crippen molar-refractivity contribution in [1.29, 1.82) is 0 Å². The number of morpholine rings is 1. The fourth-order valence-corrected chi connectivity index (χ4v) is 4.55. The third-order valence-corrected chi connectivity index (χ3v) is 6.14. The van der Waals surface area contributed by atoms with E-state index in [4.69, 9.17) is 4.74 Å². The van der Waals surface area contributed by atoms with E-state index in [1.165, 1.54) is 12.1 Å². The summed E-state index contributed by atoms with van der Waals surface area (Å²) >= 11 is 0. The zero-order valence-corrected chi connectivity index (χ0v) is 19.0. The first-order valence-corrected chi connectivity index (χ1v) is 11.1. The molecule has 0 radical (unpaired) electrons. The van der Waals surface area contributed by atoms with E-state index >= 15 is 0 Å². The van der Waals surface area contributed by atoms with Gasteiger partial charge in [-0.1, -0.05) is 0 Å². The standard InChI is InChI=1S/C24H28F2N6O/c1-15-6-19(27-23-28-22(29-30-23)16-8-17(25)10-18(26)9-16)11-20(7-15)32-12-21(13-32)31-4-5-33-24(2,3)14-31/h6-11,21H,4-5,12-14H2,1-3H3,(H2,27,28,29,30). The lowest BCUT2D eigenvalue weighted by molar-refractivity contribution is -0.0994. The van der Waals surface area contributed by atoms with Crippen LogP contribution in [-0.2, 0) is 4.74 Å². The zero-order valence-electron chi connectivity index (χ0n) is 19.0. The van der Waals surface area contributed by atoms with Gasteiger partial charge in [0.2, 0.25) is 5.95 Å². The Balaban J connectivity index is 1.26. The highest BCUT2D eigenvalue weighted by atomic mass is 19.1. The molecule has 3 heterocycles. The largest absolute Gasteiger partial charge is 0.373 e. The molecule has 0 unspecified atom stereocenters. The Morgan fingerprint density at radius 3 is 2.58 bits per heavy atom. The van der Waals surface area contributed by atoms with Crippen LogP contribution in [0, 0.1) is 18.6 Å². The van der Waals surface area contributed by atoms with Gasteiger partial charge in [-0.3, -0.25) is 10.00 Å². The highest BCUT2D eigenvalue weighted by molar-refractivity contribution is 5.66. The van der Waals surface area contributed by atoms with Crippen molar-refractivity contribution < 1.29 is 13.5 Å². The third-order valence-electron chi connectivity index (χ3n) is 6.14. The number of aryl methyl sites for hydroxylation is 1. The zero-order chi connectivity index (χ0) is 23.2. The number of aromatic amines is 1. The van der Waals surface area contributed by atoms with Gasteiger partial charge in [-0.25, -0.2) is 8.78 Å². The number of hydrogen-bond donors (Lipinski definition) is 2. The average molecular weight is 455 g/mol. The molecular formula is C24H28F2N6O. The van der Waals surface area contributed by atoms with Crippen LogP contribution in [-0.4, -0.2) is 64.5 Å². The van der Waals surface area contributed by atoms with Gasteiger partial charge in [-0.2, -0.15) is 4.98 Å². The molecule has 7 nitrogen and oxygen atoms in total. The van der Waals surface area contributed by atoms with Crippen molar-refractivity contribution >= 4 is 17.3 Å². The van der Waals surface area contributed by atoms with E-state index in [9.17, 15) is 8.78 Å². The van der Waals surface area contributed by atoms with E-state index in [0.29, 0.717) is 23.4 Å². The molecule has 0 amide bonds. The summed E-state index contributed by atoms with van der Waals surface area (Å²) in [6, 6.07) is 10.1. The molecule has 0 spiro atoms. The molecule has 2 saturated heterocycles. The summed E-state index contributed by atoms with van der Waals surface area (Å²) in [5.74, 6) is -0.688. The number of ether oxygens (including phenoxy) is 1. The summed E-state index contributed by atoms with van der Waals surface area (Å²) < 4.78 is 32.9. The van der Waals surface area contributed by atoms with Crippen LogP contribution in [0.1, 0.15) is 19.4 Å². The van der Waals surface area contributed by atoms with Crippen LogP contribution in [0.25, 0.3) is 11.4 Å². The predicted octanol–water partition coefficient (Wildman–Crippen LogP) is 4.10. The van der Waals surface area contributed by atoms with Crippen molar-refractivity contribution in [3.05, 3.63) is 53.6 Å². The minimum Gasteiger partial charge on any atom is -0.373 e. The van der Waals surface area contributed by atoms with Crippen molar-refractivity contribution in [1.82, 2.24) is 20.1 Å². The molecule has 3 aromatic rings. The lowest BCUT2D eigenvalue weighted by Crippen LogP contribution is -2.64. The molecule has 0 atom stereocenters. The Morgan fingerprint density at radius 1 is 1.09 bits per heavy atom. The van der Waals surface area contributed by atoms with E-state index < -0.39 is 11.6 Å². The second-order valence-electron chi connectivity index (χ2n) is 9.49. The van der Waals surface area contributed by atoms with Gasteiger partial charge in [0.05, 0.1) is 12.2 Å². The molecule has 2 aromatic carbocycles. The van der Waals surface area contributed by atoms with Gasteiger partial charge in [0, 0.05) is 55.2 Å². The van der Waals surface area contributed by atoms with E-state index in [-0.39, 0.29) is 5.60 Å². The number of hydrogen-bond acceptors (Lipinski definition) is 6. The minimum atomic E-state index is -0.660. The number of nitrogens with zero attached hydrogens (tertiary/aromatic N) is 4. The molecule has 0 saturated carbocycles. The third kappa shape index (κ3) is 4.84. The molecule has 2 aliphatic heterocycles. The Kier molecular flexibility index (Phi) is 5.54. The summed E-state index contributed by atoms with van der Waals surface area (Å²) in [5, 5.41) is 10.1. The number of benzene rings is 2. The fraction of sp³-hybridized carbons (Fsp3) is 0.417. The Morgan fingerprint density at radius 2 is 1.85 bits per heavy atom. The molecule has 2 fully saturated rings. The van der Waals surface area contributed by atoms with Gasteiger partial charge in [0.1, 0.15) is 11.6 Å². The number of nitrogens with one attached hydrogen (secondary N) is 2. The van der Waals surface area contributed by atoms with Crippen molar-refractivity contribution in [3.63, 3.8) is 0 Å². The number of anilines is 3. The summed E-state index contributed by atoms with van der Waals surface area (Å²) in [5.41, 5.74) is 3.33. The lowest BCUT2D eigenvalue weighted by atomic mass is 10.00. The first-order valence-electron chi connectivity index (χ1n) is 11.1. The molecule has 5 rings (SSSR count). The molecule has 33 heavy (non-hydrogen) atoms. The summed E-state index contributed by atoms with van der Waals surface area (Å²) in [7, 11) is 0.